The van der Waals surface area contributed by atoms with E-state index >= 15 is 0 Å². The molecule has 0 radical (unpaired) electrons. The van der Waals surface area contributed by atoms with Gasteiger partial charge in [-0.25, -0.2) is 9.59 Å². The van der Waals surface area contributed by atoms with Gasteiger partial charge in [0.05, 0.1) is 0 Å². The van der Waals surface area contributed by atoms with Crippen LogP contribution in [0.3, 0.4) is 0 Å². The number of amides is 2. The van der Waals surface area contributed by atoms with Crippen molar-refractivity contribution in [3.05, 3.63) is 59.7 Å². The quantitative estimate of drug-likeness (QED) is 0.599. The summed E-state index contributed by atoms with van der Waals surface area (Å²) < 4.78 is 5.54. The Labute approximate surface area is 192 Å². The topological polar surface area (TPSA) is 105 Å². The number of alkyl carbamates (subject to hydrolysis) is 1. The van der Waals surface area contributed by atoms with Crippen molar-refractivity contribution in [2.24, 2.45) is 11.8 Å². The fraction of sp³-hybridized carbons (Fsp3) is 0.423. The van der Waals surface area contributed by atoms with Crippen LogP contribution in [-0.4, -0.2) is 41.8 Å². The van der Waals surface area contributed by atoms with E-state index in [1.165, 1.54) is 11.1 Å². The van der Waals surface area contributed by atoms with E-state index in [9.17, 15) is 19.5 Å². The Balaban J connectivity index is 1.11. The summed E-state index contributed by atoms with van der Waals surface area (Å²) in [7, 11) is 0. The van der Waals surface area contributed by atoms with E-state index < -0.39 is 17.6 Å². The van der Waals surface area contributed by atoms with Crippen molar-refractivity contribution in [1.82, 2.24) is 10.6 Å². The van der Waals surface area contributed by atoms with Gasteiger partial charge in [-0.2, -0.15) is 0 Å². The van der Waals surface area contributed by atoms with Gasteiger partial charge in [0.1, 0.15) is 12.1 Å². The van der Waals surface area contributed by atoms with Crippen LogP contribution in [0.5, 0.6) is 0 Å². The Hall–Kier alpha value is -3.35. The minimum absolute atomic E-state index is 0.00113. The summed E-state index contributed by atoms with van der Waals surface area (Å²) in [6.07, 6.45) is 2.72. The monoisotopic (exact) mass is 448 g/mol. The highest BCUT2D eigenvalue weighted by Gasteiger charge is 2.49. The lowest BCUT2D eigenvalue weighted by Crippen LogP contribution is -2.53. The molecule has 2 atom stereocenters. The van der Waals surface area contributed by atoms with Gasteiger partial charge in [0.15, 0.2) is 0 Å². The van der Waals surface area contributed by atoms with E-state index in [0.29, 0.717) is 25.8 Å². The van der Waals surface area contributed by atoms with Crippen molar-refractivity contribution in [1.29, 1.82) is 0 Å². The largest absolute Gasteiger partial charge is 0.480 e. The molecule has 0 heterocycles. The molecule has 3 aliphatic carbocycles. The first-order chi connectivity index (χ1) is 16.0. The highest BCUT2D eigenvalue weighted by Crippen LogP contribution is 2.44. The van der Waals surface area contributed by atoms with Crippen LogP contribution < -0.4 is 10.6 Å². The van der Waals surface area contributed by atoms with Crippen LogP contribution in [0, 0.1) is 11.8 Å². The molecule has 2 saturated carbocycles. The number of carbonyl (C=O) groups excluding carboxylic acids is 2. The van der Waals surface area contributed by atoms with Gasteiger partial charge in [-0.05, 0) is 47.4 Å². The van der Waals surface area contributed by atoms with Crippen molar-refractivity contribution in [2.45, 2.75) is 43.6 Å². The minimum Gasteiger partial charge on any atom is -0.480 e. The summed E-state index contributed by atoms with van der Waals surface area (Å²) in [5.74, 6) is -1.42. The van der Waals surface area contributed by atoms with Gasteiger partial charge in [-0.1, -0.05) is 61.4 Å². The predicted molar refractivity (Wildman–Crippen MR) is 122 cm³/mol. The molecule has 2 amide bonds. The molecule has 33 heavy (non-hydrogen) atoms. The fourth-order valence-corrected chi connectivity index (χ4v) is 5.36. The maximum Gasteiger partial charge on any atom is 0.407 e. The molecule has 0 unspecified atom stereocenters. The first-order valence-corrected chi connectivity index (χ1v) is 11.6. The Morgan fingerprint density at radius 1 is 0.970 bits per heavy atom. The van der Waals surface area contributed by atoms with Crippen molar-refractivity contribution < 1.29 is 24.2 Å². The molecular formula is C26H28N2O5. The third kappa shape index (κ3) is 4.08. The van der Waals surface area contributed by atoms with Crippen LogP contribution in [0.15, 0.2) is 48.5 Å². The summed E-state index contributed by atoms with van der Waals surface area (Å²) in [6.45, 7) is 0.588. The SMILES string of the molecule is O=C(NC[C@@H]1C[C@@H]1C(=O)NC1(C(=O)O)CCCC1)OCC1c2ccccc2-c2ccccc21. The van der Waals surface area contributed by atoms with E-state index in [-0.39, 0.29) is 30.3 Å². The van der Waals surface area contributed by atoms with Gasteiger partial charge in [-0.15, -0.1) is 0 Å². The van der Waals surface area contributed by atoms with E-state index in [2.05, 4.69) is 34.9 Å². The molecule has 3 N–H and O–H groups in total. The summed E-state index contributed by atoms with van der Waals surface area (Å²) in [5, 5.41) is 15.1. The van der Waals surface area contributed by atoms with Gasteiger partial charge < -0.3 is 20.5 Å². The first kappa shape index (κ1) is 21.5. The van der Waals surface area contributed by atoms with Gasteiger partial charge in [-0.3, -0.25) is 4.79 Å². The summed E-state index contributed by atoms with van der Waals surface area (Å²) >= 11 is 0. The number of hydrogen-bond acceptors (Lipinski definition) is 4. The lowest BCUT2D eigenvalue weighted by Gasteiger charge is -2.25. The van der Waals surface area contributed by atoms with E-state index in [0.717, 1.165) is 24.0 Å². The van der Waals surface area contributed by atoms with Crippen molar-refractivity contribution in [2.75, 3.05) is 13.2 Å². The summed E-state index contributed by atoms with van der Waals surface area (Å²) in [4.78, 5) is 36.5. The molecule has 5 rings (SSSR count). The zero-order chi connectivity index (χ0) is 23.0. The van der Waals surface area contributed by atoms with Crippen molar-refractivity contribution in [3.8, 4) is 11.1 Å². The van der Waals surface area contributed by atoms with Gasteiger partial charge >= 0.3 is 12.1 Å². The molecule has 0 spiro atoms. The normalized spacial score (nSPS) is 22.2. The Morgan fingerprint density at radius 3 is 2.18 bits per heavy atom. The zero-order valence-electron chi connectivity index (χ0n) is 18.4. The van der Waals surface area contributed by atoms with Crippen LogP contribution in [0.4, 0.5) is 4.79 Å². The van der Waals surface area contributed by atoms with Gasteiger partial charge in [0, 0.05) is 18.4 Å². The second kappa shape index (κ2) is 8.54. The molecule has 2 aromatic rings. The van der Waals surface area contributed by atoms with Crippen LogP contribution in [0.1, 0.15) is 49.1 Å². The fourth-order valence-electron chi connectivity index (χ4n) is 5.36. The lowest BCUT2D eigenvalue weighted by atomic mass is 9.97. The highest BCUT2D eigenvalue weighted by molar-refractivity contribution is 5.89. The molecule has 172 valence electrons. The number of carboxylic acids is 1. The molecular weight excluding hydrogens is 420 g/mol. The Morgan fingerprint density at radius 2 is 1.58 bits per heavy atom. The van der Waals surface area contributed by atoms with Crippen LogP contribution in [0.25, 0.3) is 11.1 Å². The van der Waals surface area contributed by atoms with Crippen LogP contribution in [0.2, 0.25) is 0 Å². The number of fused-ring (bicyclic) bond motifs is 3. The molecule has 7 nitrogen and oxygen atoms in total. The zero-order valence-corrected chi connectivity index (χ0v) is 18.4. The molecule has 0 aliphatic heterocycles. The minimum atomic E-state index is -1.12. The molecule has 2 fully saturated rings. The molecule has 0 saturated heterocycles. The van der Waals surface area contributed by atoms with Crippen LogP contribution in [-0.2, 0) is 14.3 Å². The molecule has 0 bridgehead atoms. The smallest absolute Gasteiger partial charge is 0.407 e. The molecule has 0 aromatic heterocycles. The van der Waals surface area contributed by atoms with Crippen molar-refractivity contribution >= 4 is 18.0 Å². The number of carboxylic acid groups (broad SMARTS) is 1. The average Bonchev–Trinajstić information content (AvgIpc) is 3.33. The Kier molecular flexibility index (Phi) is 5.56. The van der Waals surface area contributed by atoms with E-state index in [1.54, 1.807) is 0 Å². The number of rotatable bonds is 7. The molecule has 7 heteroatoms. The molecule has 3 aliphatic rings. The average molecular weight is 449 g/mol. The number of nitrogens with one attached hydrogen (secondary N) is 2. The number of ether oxygens (including phenoxy) is 1. The Bertz CT molecular complexity index is 1050. The highest BCUT2D eigenvalue weighted by atomic mass is 16.5. The van der Waals surface area contributed by atoms with Crippen molar-refractivity contribution in [3.63, 3.8) is 0 Å². The summed E-state index contributed by atoms with van der Waals surface area (Å²) in [6, 6.07) is 16.3. The second-order valence-corrected chi connectivity index (χ2v) is 9.39. The second-order valence-electron chi connectivity index (χ2n) is 9.39. The standard InChI is InChI=1S/C26H28N2O5/c29-23(28-26(24(30)31)11-5-6-12-26)21-13-16(21)14-27-25(32)33-15-22-19-9-3-1-7-17(19)18-8-2-4-10-20(18)22/h1-4,7-10,16,21-22H,5-6,11-15H2,(H,27,32)(H,28,29)(H,30,31)/t16-,21-/m0/s1. The summed E-state index contributed by atoms with van der Waals surface area (Å²) in [5.41, 5.74) is 3.55. The predicted octanol–water partition coefficient (Wildman–Crippen LogP) is 3.67. The van der Waals surface area contributed by atoms with Crippen LogP contribution >= 0.6 is 0 Å². The van der Waals surface area contributed by atoms with Gasteiger partial charge in [0.25, 0.3) is 0 Å². The lowest BCUT2D eigenvalue weighted by molar-refractivity contribution is -0.147. The van der Waals surface area contributed by atoms with Gasteiger partial charge in [0.2, 0.25) is 5.91 Å². The third-order valence-corrected chi connectivity index (χ3v) is 7.34. The number of hydrogen-bond donors (Lipinski definition) is 3. The number of benzene rings is 2. The first-order valence-electron chi connectivity index (χ1n) is 11.6. The third-order valence-electron chi connectivity index (χ3n) is 7.34. The maximum absolute atomic E-state index is 12.5. The number of aliphatic carboxylic acids is 1. The van der Waals surface area contributed by atoms with E-state index in [1.807, 2.05) is 24.3 Å². The maximum atomic E-state index is 12.5. The molecule has 2 aromatic carbocycles. The number of carbonyl (C=O) groups is 3. The van der Waals surface area contributed by atoms with E-state index in [4.69, 9.17) is 4.74 Å².